The molecular weight excluding hydrogens is 254 g/mol. The molecule has 1 aromatic rings. The molecule has 4 nitrogen and oxygen atoms in total. The standard InChI is InChI=1S/C16H23NO3/c1-11-2-5-13(19)15-14(11)16(9-18,10-20-15)6-7-17-8-12-3-4-12/h2,5,12,17-19H,3-4,6-10H2,1H3/t16-/m1/s1. The number of phenols is 1. The molecule has 0 aromatic heterocycles. The van der Waals surface area contributed by atoms with Gasteiger partial charge in [-0.3, -0.25) is 0 Å². The maximum Gasteiger partial charge on any atom is 0.165 e. The Bertz CT molecular complexity index is 499. The van der Waals surface area contributed by atoms with Gasteiger partial charge in [-0.2, -0.15) is 0 Å². The Hall–Kier alpha value is -1.26. The molecule has 3 rings (SSSR count). The zero-order valence-corrected chi connectivity index (χ0v) is 12.0. The van der Waals surface area contributed by atoms with E-state index in [2.05, 4.69) is 5.32 Å². The van der Waals surface area contributed by atoms with Crippen LogP contribution in [0, 0.1) is 12.8 Å². The predicted octanol–water partition coefficient (Wildman–Crippen LogP) is 1.71. The van der Waals surface area contributed by atoms with E-state index < -0.39 is 0 Å². The molecule has 0 saturated heterocycles. The molecule has 1 aliphatic heterocycles. The summed E-state index contributed by atoms with van der Waals surface area (Å²) in [7, 11) is 0. The third kappa shape index (κ3) is 2.38. The van der Waals surface area contributed by atoms with Crippen LogP contribution in [-0.2, 0) is 5.41 Å². The minimum Gasteiger partial charge on any atom is -0.504 e. The van der Waals surface area contributed by atoms with Gasteiger partial charge >= 0.3 is 0 Å². The zero-order chi connectivity index (χ0) is 14.2. The van der Waals surface area contributed by atoms with Crippen LogP contribution in [0.5, 0.6) is 11.5 Å². The fourth-order valence-corrected chi connectivity index (χ4v) is 3.11. The fourth-order valence-electron chi connectivity index (χ4n) is 3.11. The summed E-state index contributed by atoms with van der Waals surface area (Å²) in [5.74, 6) is 1.59. The number of aromatic hydroxyl groups is 1. The van der Waals surface area contributed by atoms with Crippen LogP contribution in [0.3, 0.4) is 0 Å². The lowest BCUT2D eigenvalue weighted by Gasteiger charge is -2.27. The second-order valence-corrected chi connectivity index (χ2v) is 6.23. The highest BCUT2D eigenvalue weighted by molar-refractivity contribution is 5.56. The first-order chi connectivity index (χ1) is 9.66. The van der Waals surface area contributed by atoms with Crippen molar-refractivity contribution in [2.24, 2.45) is 5.92 Å². The SMILES string of the molecule is Cc1ccc(O)c2c1[C@@](CO)(CCNCC1CC1)CO2. The zero-order valence-electron chi connectivity index (χ0n) is 12.0. The molecule has 1 atom stereocenters. The van der Waals surface area contributed by atoms with Crippen molar-refractivity contribution < 1.29 is 14.9 Å². The number of aliphatic hydroxyl groups excluding tert-OH is 1. The van der Waals surface area contributed by atoms with Crippen molar-refractivity contribution in [3.05, 3.63) is 23.3 Å². The van der Waals surface area contributed by atoms with Gasteiger partial charge in [0.1, 0.15) is 6.61 Å². The number of aliphatic hydroxyl groups is 1. The van der Waals surface area contributed by atoms with Crippen molar-refractivity contribution in [3.8, 4) is 11.5 Å². The molecule has 1 saturated carbocycles. The van der Waals surface area contributed by atoms with E-state index in [9.17, 15) is 10.2 Å². The van der Waals surface area contributed by atoms with E-state index in [-0.39, 0.29) is 17.8 Å². The van der Waals surface area contributed by atoms with E-state index in [1.54, 1.807) is 6.07 Å². The molecular formula is C16H23NO3. The minimum atomic E-state index is -0.380. The van der Waals surface area contributed by atoms with E-state index >= 15 is 0 Å². The van der Waals surface area contributed by atoms with Crippen LogP contribution in [0.1, 0.15) is 30.4 Å². The first kappa shape index (κ1) is 13.7. The fraction of sp³-hybridized carbons (Fsp3) is 0.625. The van der Waals surface area contributed by atoms with Gasteiger partial charge in [-0.05, 0) is 56.8 Å². The van der Waals surface area contributed by atoms with Gasteiger partial charge in [0.2, 0.25) is 0 Å². The summed E-state index contributed by atoms with van der Waals surface area (Å²) in [4.78, 5) is 0. The van der Waals surface area contributed by atoms with E-state index in [4.69, 9.17) is 4.74 Å². The van der Waals surface area contributed by atoms with E-state index in [1.165, 1.54) is 12.8 Å². The molecule has 1 heterocycles. The highest BCUT2D eigenvalue weighted by Crippen LogP contribution is 2.47. The normalized spacial score (nSPS) is 24.5. The maximum absolute atomic E-state index is 9.91. The molecule has 2 aliphatic rings. The van der Waals surface area contributed by atoms with Crippen LogP contribution < -0.4 is 10.1 Å². The first-order valence-electron chi connectivity index (χ1n) is 7.44. The highest BCUT2D eigenvalue weighted by atomic mass is 16.5. The third-order valence-corrected chi connectivity index (χ3v) is 4.58. The van der Waals surface area contributed by atoms with Gasteiger partial charge in [-0.1, -0.05) is 6.07 Å². The Kier molecular flexibility index (Phi) is 3.61. The molecule has 0 amide bonds. The molecule has 1 aromatic carbocycles. The molecule has 1 aliphatic carbocycles. The van der Waals surface area contributed by atoms with Gasteiger partial charge in [-0.25, -0.2) is 0 Å². The third-order valence-electron chi connectivity index (χ3n) is 4.58. The second-order valence-electron chi connectivity index (χ2n) is 6.23. The summed E-state index contributed by atoms with van der Waals surface area (Å²) in [5, 5.41) is 23.3. The van der Waals surface area contributed by atoms with Crippen LogP contribution in [0.25, 0.3) is 0 Å². The number of nitrogens with one attached hydrogen (secondary N) is 1. The van der Waals surface area contributed by atoms with Crippen LogP contribution in [-0.4, -0.2) is 36.5 Å². The predicted molar refractivity (Wildman–Crippen MR) is 77.3 cm³/mol. The summed E-state index contributed by atoms with van der Waals surface area (Å²) < 4.78 is 5.67. The Morgan fingerprint density at radius 2 is 2.20 bits per heavy atom. The molecule has 0 spiro atoms. The van der Waals surface area contributed by atoms with Crippen LogP contribution in [0.15, 0.2) is 12.1 Å². The van der Waals surface area contributed by atoms with Gasteiger partial charge in [0, 0.05) is 5.56 Å². The largest absolute Gasteiger partial charge is 0.504 e. The average Bonchev–Trinajstić information content (AvgIpc) is 3.19. The van der Waals surface area contributed by atoms with Crippen molar-refractivity contribution in [1.82, 2.24) is 5.32 Å². The van der Waals surface area contributed by atoms with Crippen molar-refractivity contribution in [2.45, 2.75) is 31.6 Å². The van der Waals surface area contributed by atoms with Crippen LogP contribution >= 0.6 is 0 Å². The van der Waals surface area contributed by atoms with Crippen molar-refractivity contribution in [1.29, 1.82) is 0 Å². The van der Waals surface area contributed by atoms with Crippen LogP contribution in [0.2, 0.25) is 0 Å². The van der Waals surface area contributed by atoms with E-state index in [1.807, 2.05) is 13.0 Å². The molecule has 4 heteroatoms. The summed E-state index contributed by atoms with van der Waals surface area (Å²) in [6, 6.07) is 3.55. The number of rotatable bonds is 6. The number of phenolic OH excluding ortho intramolecular Hbond substituents is 1. The first-order valence-corrected chi connectivity index (χ1v) is 7.44. The molecule has 1 fully saturated rings. The van der Waals surface area contributed by atoms with Crippen molar-refractivity contribution in [2.75, 3.05) is 26.3 Å². The van der Waals surface area contributed by atoms with Gasteiger partial charge < -0.3 is 20.3 Å². The van der Waals surface area contributed by atoms with Crippen molar-refractivity contribution in [3.63, 3.8) is 0 Å². The lowest BCUT2D eigenvalue weighted by Crippen LogP contribution is -2.37. The average molecular weight is 277 g/mol. The monoisotopic (exact) mass is 277 g/mol. The number of fused-ring (bicyclic) bond motifs is 1. The summed E-state index contributed by atoms with van der Waals surface area (Å²) in [5.41, 5.74) is 1.68. The number of hydrogen-bond donors (Lipinski definition) is 3. The molecule has 110 valence electrons. The van der Waals surface area contributed by atoms with Gasteiger partial charge in [0.15, 0.2) is 11.5 Å². The number of hydrogen-bond acceptors (Lipinski definition) is 4. The summed E-state index contributed by atoms with van der Waals surface area (Å²) >= 11 is 0. The smallest absolute Gasteiger partial charge is 0.165 e. The maximum atomic E-state index is 9.91. The second kappa shape index (κ2) is 5.26. The van der Waals surface area contributed by atoms with Gasteiger partial charge in [0.25, 0.3) is 0 Å². The quantitative estimate of drug-likeness (QED) is 0.693. The minimum absolute atomic E-state index is 0.0510. The Morgan fingerprint density at radius 1 is 1.40 bits per heavy atom. The Labute approximate surface area is 119 Å². The number of benzene rings is 1. The summed E-state index contributed by atoms with van der Waals surface area (Å²) in [6.45, 7) is 4.45. The summed E-state index contributed by atoms with van der Waals surface area (Å²) in [6.07, 6.45) is 3.52. The molecule has 0 bridgehead atoms. The molecule has 0 radical (unpaired) electrons. The lowest BCUT2D eigenvalue weighted by atomic mass is 9.78. The molecule has 20 heavy (non-hydrogen) atoms. The van der Waals surface area contributed by atoms with Gasteiger partial charge in [-0.15, -0.1) is 0 Å². The van der Waals surface area contributed by atoms with E-state index in [0.717, 1.165) is 36.6 Å². The number of aryl methyl sites for hydroxylation is 1. The van der Waals surface area contributed by atoms with E-state index in [0.29, 0.717) is 12.4 Å². The Balaban J connectivity index is 1.75. The molecule has 3 N–H and O–H groups in total. The lowest BCUT2D eigenvalue weighted by molar-refractivity contribution is 0.149. The Morgan fingerprint density at radius 3 is 2.90 bits per heavy atom. The molecule has 0 unspecified atom stereocenters. The number of ether oxygens (including phenoxy) is 1. The topological polar surface area (TPSA) is 61.7 Å². The highest BCUT2D eigenvalue weighted by Gasteiger charge is 2.42. The van der Waals surface area contributed by atoms with Crippen molar-refractivity contribution >= 4 is 0 Å². The van der Waals surface area contributed by atoms with Crippen LogP contribution in [0.4, 0.5) is 0 Å². The van der Waals surface area contributed by atoms with Gasteiger partial charge in [0.05, 0.1) is 12.0 Å².